The Labute approximate surface area is 85.5 Å². The van der Waals surface area contributed by atoms with Gasteiger partial charge in [-0.05, 0) is 12.8 Å². The van der Waals surface area contributed by atoms with Gasteiger partial charge in [-0.1, -0.05) is 6.92 Å². The van der Waals surface area contributed by atoms with Crippen molar-refractivity contribution in [1.29, 1.82) is 0 Å². The topological polar surface area (TPSA) is 43.8 Å². The molecule has 2 unspecified atom stereocenters. The lowest BCUT2D eigenvalue weighted by molar-refractivity contribution is 0.0337. The molecule has 1 N–H and O–H groups in total. The molecule has 2 atom stereocenters. The van der Waals surface area contributed by atoms with Crippen LogP contribution in [0.1, 0.15) is 19.8 Å². The van der Waals surface area contributed by atoms with Crippen molar-refractivity contribution < 1.29 is 9.90 Å². The highest BCUT2D eigenvalue weighted by atomic mass is 16.3. The lowest BCUT2D eigenvalue weighted by Crippen LogP contribution is -2.49. The van der Waals surface area contributed by atoms with Crippen molar-refractivity contribution in [3.8, 4) is 0 Å². The first kappa shape index (κ1) is 11.3. The lowest BCUT2D eigenvalue weighted by atomic mass is 9.93. The van der Waals surface area contributed by atoms with E-state index in [-0.39, 0.29) is 18.1 Å². The molecule has 0 aromatic carbocycles. The maximum absolute atomic E-state index is 11.6. The average Bonchev–Trinajstić information content (AvgIpc) is 2.17. The van der Waals surface area contributed by atoms with Crippen LogP contribution in [0.5, 0.6) is 0 Å². The van der Waals surface area contributed by atoms with Crippen LogP contribution in [0.25, 0.3) is 0 Å². The van der Waals surface area contributed by atoms with E-state index in [2.05, 4.69) is 6.92 Å². The summed E-state index contributed by atoms with van der Waals surface area (Å²) < 4.78 is 0. The van der Waals surface area contributed by atoms with E-state index < -0.39 is 0 Å². The maximum atomic E-state index is 11.6. The molecule has 1 saturated heterocycles. The van der Waals surface area contributed by atoms with Crippen LogP contribution in [0, 0.1) is 5.92 Å². The summed E-state index contributed by atoms with van der Waals surface area (Å²) in [5.74, 6) is 0.243. The average molecular weight is 200 g/mol. The van der Waals surface area contributed by atoms with Crippen LogP contribution in [0.3, 0.4) is 0 Å². The van der Waals surface area contributed by atoms with Crippen molar-refractivity contribution >= 4 is 6.03 Å². The van der Waals surface area contributed by atoms with Gasteiger partial charge >= 0.3 is 6.03 Å². The molecule has 82 valence electrons. The van der Waals surface area contributed by atoms with Gasteiger partial charge < -0.3 is 14.9 Å². The van der Waals surface area contributed by atoms with Gasteiger partial charge in [-0.15, -0.1) is 0 Å². The smallest absolute Gasteiger partial charge is 0.319 e. The number of nitrogens with zero attached hydrogens (tertiary/aromatic N) is 2. The highest BCUT2D eigenvalue weighted by Crippen LogP contribution is 2.20. The summed E-state index contributed by atoms with van der Waals surface area (Å²) in [6.07, 6.45) is 1.41. The van der Waals surface area contributed by atoms with Crippen molar-refractivity contribution in [3.05, 3.63) is 0 Å². The summed E-state index contributed by atoms with van der Waals surface area (Å²) in [6.45, 7) is 3.42. The number of urea groups is 1. The van der Waals surface area contributed by atoms with Gasteiger partial charge in [0, 0.05) is 33.1 Å². The van der Waals surface area contributed by atoms with Gasteiger partial charge in [-0.3, -0.25) is 0 Å². The van der Waals surface area contributed by atoms with Crippen LogP contribution < -0.4 is 0 Å². The van der Waals surface area contributed by atoms with E-state index >= 15 is 0 Å². The highest BCUT2D eigenvalue weighted by Gasteiger charge is 2.29. The van der Waals surface area contributed by atoms with Crippen molar-refractivity contribution in [1.82, 2.24) is 9.80 Å². The largest absolute Gasteiger partial charge is 0.393 e. The molecule has 0 radical (unpaired) electrons. The molecule has 14 heavy (non-hydrogen) atoms. The van der Waals surface area contributed by atoms with Gasteiger partial charge in [0.05, 0.1) is 6.10 Å². The van der Waals surface area contributed by atoms with E-state index in [1.165, 1.54) is 0 Å². The quantitative estimate of drug-likeness (QED) is 0.679. The summed E-state index contributed by atoms with van der Waals surface area (Å²) in [6, 6.07) is 0.0513. The molecule has 0 aliphatic carbocycles. The van der Waals surface area contributed by atoms with Gasteiger partial charge in [0.2, 0.25) is 0 Å². The number of aliphatic hydroxyl groups excluding tert-OH is 1. The molecule has 0 aromatic rings. The molecule has 0 saturated carbocycles. The van der Waals surface area contributed by atoms with Crippen LogP contribution in [-0.4, -0.2) is 54.2 Å². The summed E-state index contributed by atoms with van der Waals surface area (Å²) in [5.41, 5.74) is 0. The molecule has 2 amide bonds. The Bertz CT molecular complexity index is 206. The molecule has 1 rings (SSSR count). The van der Waals surface area contributed by atoms with E-state index in [9.17, 15) is 9.90 Å². The second-order valence-electron chi connectivity index (χ2n) is 4.15. The number of likely N-dealkylation sites (tertiary alicyclic amines) is 1. The molecule has 1 aliphatic rings. The fourth-order valence-electron chi connectivity index (χ4n) is 1.88. The first-order valence-electron chi connectivity index (χ1n) is 5.20. The zero-order valence-electron chi connectivity index (χ0n) is 9.23. The second-order valence-corrected chi connectivity index (χ2v) is 4.15. The standard InChI is InChI=1S/C10H20N2O2/c1-4-8-7-12(6-5-9(8)13)10(14)11(2)3/h8-9,13H,4-7H2,1-3H3. The number of aliphatic hydroxyl groups is 1. The van der Waals surface area contributed by atoms with E-state index in [1.54, 1.807) is 19.0 Å². The lowest BCUT2D eigenvalue weighted by Gasteiger charge is -2.36. The molecule has 1 aliphatic heterocycles. The third-order valence-electron chi connectivity index (χ3n) is 2.87. The van der Waals surface area contributed by atoms with Crippen LogP contribution in [0.2, 0.25) is 0 Å². The minimum absolute atomic E-state index is 0.0513. The Hall–Kier alpha value is -0.770. The number of carbonyl (C=O) groups excluding carboxylic acids is 1. The Balaban J connectivity index is 2.54. The van der Waals surface area contributed by atoms with Crippen LogP contribution in [-0.2, 0) is 0 Å². The molecular weight excluding hydrogens is 180 g/mol. The zero-order chi connectivity index (χ0) is 10.7. The van der Waals surface area contributed by atoms with Gasteiger partial charge in [0.25, 0.3) is 0 Å². The summed E-state index contributed by atoms with van der Waals surface area (Å²) >= 11 is 0. The van der Waals surface area contributed by atoms with E-state index in [0.717, 1.165) is 6.42 Å². The second kappa shape index (κ2) is 4.64. The molecule has 0 spiro atoms. The molecule has 4 heteroatoms. The van der Waals surface area contributed by atoms with E-state index in [1.807, 2.05) is 4.90 Å². The maximum Gasteiger partial charge on any atom is 0.319 e. The zero-order valence-corrected chi connectivity index (χ0v) is 9.23. The number of amides is 2. The molecule has 1 heterocycles. The summed E-state index contributed by atoms with van der Waals surface area (Å²) in [5, 5.41) is 9.66. The highest BCUT2D eigenvalue weighted by molar-refractivity contribution is 5.73. The van der Waals surface area contributed by atoms with E-state index in [0.29, 0.717) is 19.5 Å². The normalized spacial score (nSPS) is 27.6. The number of rotatable bonds is 1. The fourth-order valence-corrected chi connectivity index (χ4v) is 1.88. The number of piperidine rings is 1. The van der Waals surface area contributed by atoms with Gasteiger partial charge in [0.15, 0.2) is 0 Å². The molecule has 0 aromatic heterocycles. The van der Waals surface area contributed by atoms with E-state index in [4.69, 9.17) is 0 Å². The summed E-state index contributed by atoms with van der Waals surface area (Å²) in [7, 11) is 3.52. The SMILES string of the molecule is CCC1CN(C(=O)N(C)C)CCC1O. The van der Waals surface area contributed by atoms with Gasteiger partial charge in [0.1, 0.15) is 0 Å². The Kier molecular flexibility index (Phi) is 3.75. The van der Waals surface area contributed by atoms with Crippen molar-refractivity contribution in [2.45, 2.75) is 25.9 Å². The molecule has 0 bridgehead atoms. The van der Waals surface area contributed by atoms with Crippen molar-refractivity contribution in [2.75, 3.05) is 27.2 Å². The molecule has 1 fully saturated rings. The molecular formula is C10H20N2O2. The third kappa shape index (κ3) is 2.38. The first-order chi connectivity index (χ1) is 6.56. The fraction of sp³-hybridized carbons (Fsp3) is 0.900. The number of hydrogen-bond donors (Lipinski definition) is 1. The Morgan fingerprint density at radius 2 is 2.21 bits per heavy atom. The predicted octanol–water partition coefficient (Wildman–Crippen LogP) is 0.761. The number of carbonyl (C=O) groups is 1. The third-order valence-corrected chi connectivity index (χ3v) is 2.87. The molecule has 4 nitrogen and oxygen atoms in total. The monoisotopic (exact) mass is 200 g/mol. The van der Waals surface area contributed by atoms with Crippen LogP contribution in [0.15, 0.2) is 0 Å². The summed E-state index contributed by atoms with van der Waals surface area (Å²) in [4.78, 5) is 15.0. The minimum atomic E-state index is -0.230. The minimum Gasteiger partial charge on any atom is -0.393 e. The first-order valence-corrected chi connectivity index (χ1v) is 5.20. The van der Waals surface area contributed by atoms with Crippen LogP contribution >= 0.6 is 0 Å². The number of hydrogen-bond acceptors (Lipinski definition) is 2. The van der Waals surface area contributed by atoms with Gasteiger partial charge in [-0.25, -0.2) is 4.79 Å². The predicted molar refractivity (Wildman–Crippen MR) is 55.1 cm³/mol. The van der Waals surface area contributed by atoms with Crippen molar-refractivity contribution in [2.24, 2.45) is 5.92 Å². The van der Waals surface area contributed by atoms with Crippen molar-refractivity contribution in [3.63, 3.8) is 0 Å². The van der Waals surface area contributed by atoms with Crippen LogP contribution in [0.4, 0.5) is 4.79 Å². The Morgan fingerprint density at radius 3 is 2.71 bits per heavy atom. The Morgan fingerprint density at radius 1 is 1.57 bits per heavy atom. The van der Waals surface area contributed by atoms with Gasteiger partial charge in [-0.2, -0.15) is 0 Å².